The molecule has 120 valence electrons. The minimum absolute atomic E-state index is 0.0378. The zero-order valence-corrected chi connectivity index (χ0v) is 13.2. The molecular formula is C15H19NO5S. The van der Waals surface area contributed by atoms with Crippen LogP contribution in [0, 0.1) is 6.92 Å². The highest BCUT2D eigenvalue weighted by atomic mass is 32.2. The van der Waals surface area contributed by atoms with Gasteiger partial charge in [0.2, 0.25) is 0 Å². The molecule has 6 nitrogen and oxygen atoms in total. The molecule has 1 aliphatic rings. The van der Waals surface area contributed by atoms with E-state index in [1.54, 1.807) is 24.3 Å². The summed E-state index contributed by atoms with van der Waals surface area (Å²) in [5, 5.41) is 0. The number of carbonyl (C=O) groups excluding carboxylic acids is 1. The number of sulfonamides is 1. The summed E-state index contributed by atoms with van der Waals surface area (Å²) in [6.45, 7) is 1.92. The summed E-state index contributed by atoms with van der Waals surface area (Å²) in [5.74, 6) is -0.348. The van der Waals surface area contributed by atoms with Gasteiger partial charge in [-0.05, 0) is 25.5 Å². The van der Waals surface area contributed by atoms with Gasteiger partial charge in [0.15, 0.2) is 0 Å². The number of hydroxylamine groups is 1. The summed E-state index contributed by atoms with van der Waals surface area (Å²) in [5.41, 5.74) is 0.967. The lowest BCUT2D eigenvalue weighted by Crippen LogP contribution is -2.34. The summed E-state index contributed by atoms with van der Waals surface area (Å²) < 4.78 is 31.0. The normalized spacial score (nSPS) is 18.5. The third kappa shape index (κ3) is 4.40. The predicted octanol–water partition coefficient (Wildman–Crippen LogP) is 1.81. The van der Waals surface area contributed by atoms with Crippen LogP contribution in [0.2, 0.25) is 0 Å². The van der Waals surface area contributed by atoms with Crippen molar-refractivity contribution in [2.24, 2.45) is 0 Å². The highest BCUT2D eigenvalue weighted by Crippen LogP contribution is 2.17. The molecule has 0 saturated carbocycles. The van der Waals surface area contributed by atoms with E-state index in [0.29, 0.717) is 6.42 Å². The molecule has 1 aromatic carbocycles. The minimum Gasteiger partial charge on any atom is -0.464 e. The monoisotopic (exact) mass is 325 g/mol. The van der Waals surface area contributed by atoms with E-state index in [1.165, 1.54) is 12.1 Å². The Kier molecular flexibility index (Phi) is 5.70. The maximum Gasteiger partial charge on any atom is 0.306 e. The lowest BCUT2D eigenvalue weighted by molar-refractivity contribution is -0.146. The van der Waals surface area contributed by atoms with E-state index in [2.05, 4.69) is 0 Å². The first-order valence-corrected chi connectivity index (χ1v) is 8.47. The van der Waals surface area contributed by atoms with Crippen LogP contribution in [0.4, 0.5) is 0 Å². The highest BCUT2D eigenvalue weighted by molar-refractivity contribution is 7.89. The average molecular weight is 325 g/mol. The lowest BCUT2D eigenvalue weighted by Gasteiger charge is -2.20. The molecule has 0 aliphatic carbocycles. The van der Waals surface area contributed by atoms with Crippen molar-refractivity contribution in [3.05, 3.63) is 42.0 Å². The fraction of sp³-hybridized carbons (Fsp3) is 0.400. The van der Waals surface area contributed by atoms with Crippen LogP contribution >= 0.6 is 0 Å². The molecule has 0 spiro atoms. The van der Waals surface area contributed by atoms with Gasteiger partial charge in [-0.1, -0.05) is 34.3 Å². The fourth-order valence-electron chi connectivity index (χ4n) is 1.90. The quantitative estimate of drug-likeness (QED) is 0.612. The summed E-state index contributed by atoms with van der Waals surface area (Å²) in [6.07, 6.45) is 4.29. The zero-order chi connectivity index (χ0) is 16.0. The van der Waals surface area contributed by atoms with Gasteiger partial charge in [-0.25, -0.2) is 8.42 Å². The number of nitrogens with zero attached hydrogens (tertiary/aromatic N) is 1. The first-order chi connectivity index (χ1) is 10.5. The summed E-state index contributed by atoms with van der Waals surface area (Å²) in [6, 6.07) is 6.50. The second-order valence-corrected chi connectivity index (χ2v) is 6.70. The third-order valence-corrected chi connectivity index (χ3v) is 4.81. The predicted molar refractivity (Wildman–Crippen MR) is 80.4 cm³/mol. The van der Waals surface area contributed by atoms with Crippen molar-refractivity contribution in [1.82, 2.24) is 4.47 Å². The molecule has 0 saturated heterocycles. The number of rotatable bonds is 2. The van der Waals surface area contributed by atoms with Crippen LogP contribution in [0.25, 0.3) is 0 Å². The Hall–Kier alpha value is -1.70. The van der Waals surface area contributed by atoms with Crippen LogP contribution in [0.1, 0.15) is 18.4 Å². The second kappa shape index (κ2) is 7.53. The van der Waals surface area contributed by atoms with Crippen molar-refractivity contribution < 1.29 is 22.8 Å². The molecule has 1 aliphatic heterocycles. The van der Waals surface area contributed by atoms with Crippen LogP contribution in [-0.4, -0.2) is 38.6 Å². The Labute approximate surface area is 130 Å². The van der Waals surface area contributed by atoms with Crippen molar-refractivity contribution >= 4 is 16.0 Å². The van der Waals surface area contributed by atoms with Crippen molar-refractivity contribution in [2.75, 3.05) is 19.8 Å². The molecule has 0 radical (unpaired) electrons. The topological polar surface area (TPSA) is 72.9 Å². The van der Waals surface area contributed by atoms with E-state index in [0.717, 1.165) is 10.0 Å². The van der Waals surface area contributed by atoms with E-state index in [1.807, 2.05) is 6.92 Å². The average Bonchev–Trinajstić information content (AvgIpc) is 2.53. The number of cyclic esters (lactones) is 1. The molecule has 0 bridgehead atoms. The summed E-state index contributed by atoms with van der Waals surface area (Å²) in [7, 11) is -3.79. The second-order valence-electron chi connectivity index (χ2n) is 4.87. The molecule has 0 N–H and O–H groups in total. The van der Waals surface area contributed by atoms with E-state index in [4.69, 9.17) is 9.57 Å². The lowest BCUT2D eigenvalue weighted by atomic mass is 10.2. The SMILES string of the molecule is Cc1ccc(S(=O)(=O)N2CCOC(=O)CCC=CCO2)cc1. The van der Waals surface area contributed by atoms with Crippen molar-refractivity contribution in [3.8, 4) is 0 Å². The van der Waals surface area contributed by atoms with Crippen molar-refractivity contribution in [1.29, 1.82) is 0 Å². The number of hydrogen-bond acceptors (Lipinski definition) is 5. The van der Waals surface area contributed by atoms with Crippen LogP contribution in [0.5, 0.6) is 0 Å². The van der Waals surface area contributed by atoms with Gasteiger partial charge in [0.05, 0.1) is 18.0 Å². The molecule has 1 aromatic rings. The molecule has 7 heteroatoms. The van der Waals surface area contributed by atoms with Gasteiger partial charge in [-0.2, -0.15) is 0 Å². The Bertz CT molecular complexity index is 636. The number of benzene rings is 1. The van der Waals surface area contributed by atoms with Gasteiger partial charge in [-0.3, -0.25) is 9.63 Å². The molecule has 22 heavy (non-hydrogen) atoms. The largest absolute Gasteiger partial charge is 0.464 e. The highest BCUT2D eigenvalue weighted by Gasteiger charge is 2.25. The van der Waals surface area contributed by atoms with E-state index in [-0.39, 0.29) is 37.0 Å². The molecule has 2 rings (SSSR count). The van der Waals surface area contributed by atoms with Gasteiger partial charge in [-0.15, -0.1) is 0 Å². The van der Waals surface area contributed by atoms with Gasteiger partial charge in [0, 0.05) is 6.42 Å². The maximum atomic E-state index is 12.6. The third-order valence-electron chi connectivity index (χ3n) is 3.12. The molecule has 0 amide bonds. The number of allylic oxidation sites excluding steroid dienone is 1. The molecule has 0 fully saturated rings. The zero-order valence-electron chi connectivity index (χ0n) is 12.4. The Balaban J connectivity index is 2.18. The molecule has 1 heterocycles. The van der Waals surface area contributed by atoms with E-state index in [9.17, 15) is 13.2 Å². The number of esters is 1. The van der Waals surface area contributed by atoms with Gasteiger partial charge in [0.25, 0.3) is 10.0 Å². The molecular weight excluding hydrogens is 306 g/mol. The smallest absolute Gasteiger partial charge is 0.306 e. The van der Waals surface area contributed by atoms with E-state index < -0.39 is 10.0 Å². The van der Waals surface area contributed by atoms with E-state index >= 15 is 0 Å². The van der Waals surface area contributed by atoms with Crippen molar-refractivity contribution in [2.45, 2.75) is 24.7 Å². The van der Waals surface area contributed by atoms with Crippen LogP contribution in [0.3, 0.4) is 0 Å². The number of ether oxygens (including phenoxy) is 1. The van der Waals surface area contributed by atoms with Gasteiger partial charge < -0.3 is 4.74 Å². The Morgan fingerprint density at radius 1 is 1.14 bits per heavy atom. The standard InChI is InChI=1S/C15H19NO5S/c1-13-6-8-14(9-7-13)22(18,19)16-10-12-20-15(17)5-3-2-4-11-21-16/h2,4,6-9H,3,5,10-12H2,1H3. The molecule has 0 atom stereocenters. The van der Waals surface area contributed by atoms with Gasteiger partial charge >= 0.3 is 5.97 Å². The van der Waals surface area contributed by atoms with Crippen molar-refractivity contribution in [3.63, 3.8) is 0 Å². The van der Waals surface area contributed by atoms with Gasteiger partial charge in [0.1, 0.15) is 6.61 Å². The number of hydrogen-bond donors (Lipinski definition) is 0. The van der Waals surface area contributed by atoms with Crippen LogP contribution in [-0.2, 0) is 24.4 Å². The Morgan fingerprint density at radius 2 is 1.86 bits per heavy atom. The first kappa shape index (κ1) is 16.7. The maximum absolute atomic E-state index is 12.6. The molecule has 0 unspecified atom stereocenters. The first-order valence-electron chi connectivity index (χ1n) is 7.03. The Morgan fingerprint density at radius 3 is 2.59 bits per heavy atom. The summed E-state index contributed by atoms with van der Waals surface area (Å²) >= 11 is 0. The summed E-state index contributed by atoms with van der Waals surface area (Å²) in [4.78, 5) is 16.9. The fourth-order valence-corrected chi connectivity index (χ4v) is 3.13. The molecule has 0 aromatic heterocycles. The van der Waals surface area contributed by atoms with Crippen LogP contribution in [0.15, 0.2) is 41.3 Å². The number of aryl methyl sites for hydroxylation is 1. The van der Waals surface area contributed by atoms with Crippen LogP contribution < -0.4 is 0 Å². The minimum atomic E-state index is -3.79. The number of carbonyl (C=O) groups is 1.